The molecule has 0 radical (unpaired) electrons. The lowest BCUT2D eigenvalue weighted by Crippen LogP contribution is -2.30. The fourth-order valence-electron chi connectivity index (χ4n) is 4.20. The summed E-state index contributed by atoms with van der Waals surface area (Å²) in [6.07, 6.45) is 9.51. The van der Waals surface area contributed by atoms with E-state index in [4.69, 9.17) is 16.3 Å². The van der Waals surface area contributed by atoms with Gasteiger partial charge in [-0.25, -0.2) is 17.5 Å². The van der Waals surface area contributed by atoms with E-state index >= 15 is 0 Å². The maximum Gasteiger partial charge on any atom is 0.267 e. The molecule has 3 rings (SSSR count). The third-order valence-electron chi connectivity index (χ3n) is 5.63. The van der Waals surface area contributed by atoms with E-state index in [1.54, 1.807) is 4.72 Å². The predicted octanol–water partition coefficient (Wildman–Crippen LogP) is 4.15. The molecule has 5 nitrogen and oxygen atoms in total. The lowest BCUT2D eigenvalue weighted by molar-refractivity contribution is 0.0977. The molecule has 0 saturated heterocycles. The Hall–Kier alpha value is -1.34. The van der Waals surface area contributed by atoms with Crippen LogP contribution in [0.3, 0.4) is 0 Å². The van der Waals surface area contributed by atoms with Gasteiger partial charge in [-0.2, -0.15) is 0 Å². The Bertz CT molecular complexity index is 800. The largest absolute Gasteiger partial charge is 0.492 e. The summed E-state index contributed by atoms with van der Waals surface area (Å²) >= 11 is 6.13. The minimum Gasteiger partial charge on any atom is -0.492 e. The van der Waals surface area contributed by atoms with Gasteiger partial charge in [0.15, 0.2) is 0 Å². The fraction of sp³-hybridized carbons (Fsp3) is 0.632. The zero-order valence-corrected chi connectivity index (χ0v) is 16.9. The van der Waals surface area contributed by atoms with E-state index in [0.29, 0.717) is 12.5 Å². The van der Waals surface area contributed by atoms with Crippen LogP contribution in [0.2, 0.25) is 5.02 Å². The summed E-state index contributed by atoms with van der Waals surface area (Å²) < 4.78 is 44.0. The van der Waals surface area contributed by atoms with E-state index in [0.717, 1.165) is 43.1 Å². The Labute approximate surface area is 164 Å². The van der Waals surface area contributed by atoms with Gasteiger partial charge < -0.3 is 4.74 Å². The Morgan fingerprint density at radius 2 is 1.78 bits per heavy atom. The molecule has 0 heterocycles. The van der Waals surface area contributed by atoms with Crippen molar-refractivity contribution in [3.05, 3.63) is 28.5 Å². The number of halogens is 2. The first-order valence-electron chi connectivity index (χ1n) is 9.35. The molecule has 2 unspecified atom stereocenters. The van der Waals surface area contributed by atoms with Crippen LogP contribution in [-0.2, 0) is 10.0 Å². The Balaban J connectivity index is 1.63. The summed E-state index contributed by atoms with van der Waals surface area (Å²) in [5.41, 5.74) is -0.430. The van der Waals surface area contributed by atoms with Gasteiger partial charge in [-0.15, -0.1) is 0 Å². The van der Waals surface area contributed by atoms with Crippen molar-refractivity contribution in [3.8, 4) is 5.75 Å². The summed E-state index contributed by atoms with van der Waals surface area (Å²) in [6, 6.07) is 2.15. The molecule has 1 amide bonds. The van der Waals surface area contributed by atoms with Gasteiger partial charge in [0.2, 0.25) is 10.0 Å². The van der Waals surface area contributed by atoms with Crippen molar-refractivity contribution in [2.75, 3.05) is 12.9 Å². The van der Waals surface area contributed by atoms with Crippen LogP contribution < -0.4 is 9.46 Å². The SMILES string of the molecule is CS(=O)(=O)NC(=O)c1cc(Cl)c(OCC2CCC3CCC(CC2)C3)cc1F. The van der Waals surface area contributed by atoms with Gasteiger partial charge in [0.05, 0.1) is 23.4 Å². The van der Waals surface area contributed by atoms with Crippen LogP contribution in [0.4, 0.5) is 4.39 Å². The number of sulfonamides is 1. The molecule has 2 aliphatic rings. The third-order valence-corrected chi connectivity index (χ3v) is 6.49. The van der Waals surface area contributed by atoms with Gasteiger partial charge in [-0.05, 0) is 43.1 Å². The van der Waals surface area contributed by atoms with Crippen LogP contribution in [0, 0.1) is 23.6 Å². The topological polar surface area (TPSA) is 72.5 Å². The zero-order valence-electron chi connectivity index (χ0n) is 15.3. The van der Waals surface area contributed by atoms with Gasteiger partial charge >= 0.3 is 0 Å². The van der Waals surface area contributed by atoms with Crippen molar-refractivity contribution >= 4 is 27.5 Å². The molecule has 0 spiro atoms. The third kappa shape index (κ3) is 5.57. The molecule has 2 bridgehead atoms. The fourth-order valence-corrected chi connectivity index (χ4v) is 4.87. The van der Waals surface area contributed by atoms with Crippen molar-refractivity contribution in [1.82, 2.24) is 4.72 Å². The minimum absolute atomic E-state index is 0.0842. The molecule has 8 heteroatoms. The predicted molar refractivity (Wildman–Crippen MR) is 102 cm³/mol. The molecular weight excluding hydrogens is 393 g/mol. The molecule has 2 saturated carbocycles. The van der Waals surface area contributed by atoms with Crippen molar-refractivity contribution in [2.24, 2.45) is 17.8 Å². The van der Waals surface area contributed by atoms with Gasteiger partial charge in [0.1, 0.15) is 11.6 Å². The number of carbonyl (C=O) groups is 1. The summed E-state index contributed by atoms with van der Waals surface area (Å²) in [7, 11) is -3.79. The monoisotopic (exact) mass is 417 g/mol. The highest BCUT2D eigenvalue weighted by Crippen LogP contribution is 2.41. The molecule has 2 aliphatic carbocycles. The van der Waals surface area contributed by atoms with Crippen LogP contribution in [0.15, 0.2) is 12.1 Å². The second-order valence-electron chi connectivity index (χ2n) is 7.84. The van der Waals surface area contributed by atoms with Crippen LogP contribution in [0.5, 0.6) is 5.75 Å². The molecule has 27 heavy (non-hydrogen) atoms. The second-order valence-corrected chi connectivity index (χ2v) is 10.00. The second kappa shape index (κ2) is 8.35. The average Bonchev–Trinajstić information content (AvgIpc) is 3.03. The number of ether oxygens (including phenoxy) is 1. The van der Waals surface area contributed by atoms with Crippen molar-refractivity contribution in [3.63, 3.8) is 0 Å². The molecular formula is C19H25ClFNO4S. The van der Waals surface area contributed by atoms with Gasteiger partial charge in [-0.3, -0.25) is 4.79 Å². The summed E-state index contributed by atoms with van der Waals surface area (Å²) in [6.45, 7) is 0.466. The zero-order chi connectivity index (χ0) is 19.6. The van der Waals surface area contributed by atoms with E-state index < -0.39 is 27.3 Å². The Kier molecular flexibility index (Phi) is 6.31. The molecule has 150 valence electrons. The summed E-state index contributed by atoms with van der Waals surface area (Å²) in [5, 5.41) is 0.0842. The van der Waals surface area contributed by atoms with Crippen molar-refractivity contribution in [2.45, 2.75) is 44.9 Å². The molecule has 1 N–H and O–H groups in total. The number of rotatable bonds is 5. The van der Waals surface area contributed by atoms with Crippen LogP contribution >= 0.6 is 11.6 Å². The van der Waals surface area contributed by atoms with E-state index in [9.17, 15) is 17.6 Å². The average molecular weight is 418 g/mol. The number of benzene rings is 1. The normalized spacial score (nSPS) is 25.5. The maximum atomic E-state index is 14.3. The van der Waals surface area contributed by atoms with Gasteiger partial charge in [0, 0.05) is 6.07 Å². The maximum absolute atomic E-state index is 14.3. The lowest BCUT2D eigenvalue weighted by Gasteiger charge is -2.24. The number of nitrogens with one attached hydrogen (secondary N) is 1. The molecule has 1 aromatic rings. The van der Waals surface area contributed by atoms with Crippen molar-refractivity contribution in [1.29, 1.82) is 0 Å². The Morgan fingerprint density at radius 1 is 1.19 bits per heavy atom. The molecule has 2 atom stereocenters. The number of hydrogen-bond donors (Lipinski definition) is 1. The highest BCUT2D eigenvalue weighted by atomic mass is 35.5. The Morgan fingerprint density at radius 3 is 2.37 bits per heavy atom. The van der Waals surface area contributed by atoms with Crippen LogP contribution in [-0.4, -0.2) is 27.2 Å². The van der Waals surface area contributed by atoms with E-state index in [-0.39, 0.29) is 10.8 Å². The van der Waals surface area contributed by atoms with Crippen molar-refractivity contribution < 1.29 is 22.3 Å². The quantitative estimate of drug-likeness (QED) is 0.780. The number of fused-ring (bicyclic) bond motifs is 2. The van der Waals surface area contributed by atoms with E-state index in [1.807, 2.05) is 0 Å². The standard InChI is InChI=1S/C19H25ClFNO4S/c1-27(24,25)22-19(23)15-9-16(20)18(10-17(15)21)26-11-14-6-4-12-2-3-13(8-12)5-7-14/h9-10,12-14H,2-8,11H2,1H3,(H,22,23). The van der Waals surface area contributed by atoms with Crippen LogP contribution in [0.25, 0.3) is 0 Å². The first-order chi connectivity index (χ1) is 12.7. The number of amides is 1. The molecule has 2 fully saturated rings. The molecule has 0 aliphatic heterocycles. The van der Waals surface area contributed by atoms with E-state index in [2.05, 4.69) is 0 Å². The van der Waals surface area contributed by atoms with Gasteiger partial charge in [-0.1, -0.05) is 37.3 Å². The first kappa shape index (κ1) is 20.4. The highest BCUT2D eigenvalue weighted by molar-refractivity contribution is 7.89. The lowest BCUT2D eigenvalue weighted by atomic mass is 9.86. The summed E-state index contributed by atoms with van der Waals surface area (Å²) in [4.78, 5) is 11.9. The van der Waals surface area contributed by atoms with Crippen LogP contribution in [0.1, 0.15) is 55.3 Å². The number of hydrogen-bond acceptors (Lipinski definition) is 4. The number of carbonyl (C=O) groups excluding carboxylic acids is 1. The minimum atomic E-state index is -3.79. The molecule has 0 aromatic heterocycles. The van der Waals surface area contributed by atoms with Gasteiger partial charge in [0.25, 0.3) is 5.91 Å². The first-order valence-corrected chi connectivity index (χ1v) is 11.6. The highest BCUT2D eigenvalue weighted by Gasteiger charge is 2.29. The molecule has 1 aromatic carbocycles. The van der Waals surface area contributed by atoms with E-state index in [1.165, 1.54) is 32.1 Å². The summed E-state index contributed by atoms with van der Waals surface area (Å²) in [5.74, 6) is 0.346. The smallest absolute Gasteiger partial charge is 0.267 e.